The summed E-state index contributed by atoms with van der Waals surface area (Å²) in [4.78, 5) is 56.3. The standard InChI is InChI=1S/C37H40BrN7O3/c1-22-12-13-31(38)41-35(22)42-36(48)29-17-37-14-10-8-6-4-5-7-9-11-25-15-26(27-19-39-24(3)40-20-27)16-28-33(23(2)46)43-44(34(25)28)21-32(47)45(29)30(37)18-37/h12-13,15-16,18-20,29H,4-11,14,17,21H2,1-3H3,(H,41,42,48)/t29-,37-/m0/s1. The molecule has 3 aliphatic rings. The van der Waals surface area contributed by atoms with E-state index in [4.69, 9.17) is 5.10 Å². The van der Waals surface area contributed by atoms with Crippen LogP contribution in [0.1, 0.15) is 92.2 Å². The van der Waals surface area contributed by atoms with Crippen LogP contribution in [0.25, 0.3) is 22.0 Å². The van der Waals surface area contributed by atoms with Crippen molar-refractivity contribution in [2.75, 3.05) is 5.32 Å². The van der Waals surface area contributed by atoms with Crippen LogP contribution in [-0.2, 0) is 22.6 Å². The summed E-state index contributed by atoms with van der Waals surface area (Å²) in [6, 6.07) is 7.15. The van der Waals surface area contributed by atoms with Gasteiger partial charge in [-0.1, -0.05) is 50.7 Å². The van der Waals surface area contributed by atoms with E-state index in [0.29, 0.717) is 33.7 Å². The molecule has 7 rings (SSSR count). The van der Waals surface area contributed by atoms with E-state index in [9.17, 15) is 14.4 Å². The number of nitrogens with one attached hydrogen (secondary N) is 1. The number of aryl methyl sites for hydroxylation is 3. The molecule has 4 aromatic rings. The van der Waals surface area contributed by atoms with Gasteiger partial charge < -0.3 is 10.2 Å². The number of hydrogen-bond donors (Lipinski definition) is 1. The second kappa shape index (κ2) is 13.0. The van der Waals surface area contributed by atoms with E-state index in [2.05, 4.69) is 48.3 Å². The molecule has 1 aromatic carbocycles. The number of Topliss-reactive ketones (excluding diaryl/α,β-unsaturated/α-hetero) is 1. The molecule has 0 unspecified atom stereocenters. The molecule has 0 saturated carbocycles. The quantitative estimate of drug-likeness (QED) is 0.175. The van der Waals surface area contributed by atoms with Gasteiger partial charge >= 0.3 is 0 Å². The molecular formula is C37H40BrN7O3. The number of allylic oxidation sites excluding steroid dienone is 2. The van der Waals surface area contributed by atoms with Crippen molar-refractivity contribution >= 4 is 50.2 Å². The van der Waals surface area contributed by atoms with Gasteiger partial charge in [-0.15, -0.1) is 0 Å². The number of rotatable bonds is 4. The van der Waals surface area contributed by atoms with Gasteiger partial charge in [-0.25, -0.2) is 15.0 Å². The number of ketones is 1. The summed E-state index contributed by atoms with van der Waals surface area (Å²) in [6.45, 7) is 5.17. The average molecular weight is 711 g/mol. The molecule has 1 N–H and O–H groups in total. The minimum atomic E-state index is -0.668. The van der Waals surface area contributed by atoms with Crippen molar-refractivity contribution in [2.24, 2.45) is 5.41 Å². The number of carbonyl (C=O) groups excluding carboxylic acids is 3. The number of amides is 2. The monoisotopic (exact) mass is 709 g/mol. The Morgan fingerprint density at radius 1 is 0.979 bits per heavy atom. The molecule has 0 spiro atoms. The lowest BCUT2D eigenvalue weighted by Crippen LogP contribution is -2.44. The van der Waals surface area contributed by atoms with Gasteiger partial charge in [-0.3, -0.25) is 19.1 Å². The maximum absolute atomic E-state index is 14.4. The summed E-state index contributed by atoms with van der Waals surface area (Å²) in [7, 11) is 0. The Hall–Kier alpha value is -4.25. The van der Waals surface area contributed by atoms with E-state index in [1.807, 2.05) is 32.0 Å². The fourth-order valence-corrected chi connectivity index (χ4v) is 7.79. The van der Waals surface area contributed by atoms with Gasteiger partial charge in [0, 0.05) is 41.4 Å². The Morgan fingerprint density at radius 2 is 1.71 bits per heavy atom. The summed E-state index contributed by atoms with van der Waals surface area (Å²) in [6.07, 6.45) is 15.9. The molecule has 5 heterocycles. The van der Waals surface area contributed by atoms with Crippen molar-refractivity contribution in [3.63, 3.8) is 0 Å². The zero-order valence-corrected chi connectivity index (χ0v) is 29.3. The summed E-state index contributed by atoms with van der Waals surface area (Å²) in [5.74, 6) is 0.524. The molecule has 1 fully saturated rings. The number of halogens is 1. The molecule has 1 saturated heterocycles. The van der Waals surface area contributed by atoms with Gasteiger partial charge in [-0.05, 0) is 90.4 Å². The number of anilines is 1. The van der Waals surface area contributed by atoms with Crippen molar-refractivity contribution in [3.8, 4) is 11.1 Å². The van der Waals surface area contributed by atoms with Gasteiger partial charge in [0.2, 0.25) is 11.8 Å². The highest BCUT2D eigenvalue weighted by molar-refractivity contribution is 9.10. The largest absolute Gasteiger partial charge is 0.309 e. The Kier molecular flexibility index (Phi) is 8.74. The fraction of sp³-hybridized carbons (Fsp3) is 0.432. The third-order valence-electron chi connectivity index (χ3n) is 10.1. The van der Waals surface area contributed by atoms with Gasteiger partial charge in [-0.2, -0.15) is 5.10 Å². The lowest BCUT2D eigenvalue weighted by molar-refractivity contribution is -0.135. The maximum atomic E-state index is 14.4. The number of benzene rings is 1. The van der Waals surface area contributed by atoms with E-state index in [1.165, 1.54) is 26.2 Å². The van der Waals surface area contributed by atoms with Crippen LogP contribution in [-0.4, -0.2) is 53.3 Å². The van der Waals surface area contributed by atoms with Crippen molar-refractivity contribution in [1.82, 2.24) is 29.6 Å². The molecule has 11 heteroatoms. The Morgan fingerprint density at radius 3 is 2.46 bits per heavy atom. The van der Waals surface area contributed by atoms with E-state index in [-0.39, 0.29) is 29.6 Å². The number of carbonyl (C=O) groups is 3. The third-order valence-corrected chi connectivity index (χ3v) is 10.5. The average Bonchev–Trinajstić information content (AvgIpc) is 3.46. The summed E-state index contributed by atoms with van der Waals surface area (Å²) >= 11 is 3.41. The first-order chi connectivity index (χ1) is 23.1. The van der Waals surface area contributed by atoms with Crippen LogP contribution in [0, 0.1) is 19.3 Å². The van der Waals surface area contributed by atoms with Crippen LogP contribution in [0.2, 0.25) is 0 Å². The van der Waals surface area contributed by atoms with E-state index >= 15 is 0 Å². The highest BCUT2D eigenvalue weighted by Gasteiger charge is 2.59. The molecule has 2 atom stereocenters. The first-order valence-corrected chi connectivity index (χ1v) is 17.8. The molecule has 1 aliphatic carbocycles. The lowest BCUT2D eigenvalue weighted by Gasteiger charge is -2.24. The summed E-state index contributed by atoms with van der Waals surface area (Å²) < 4.78 is 2.31. The van der Waals surface area contributed by atoms with Crippen molar-refractivity contribution in [1.29, 1.82) is 0 Å². The van der Waals surface area contributed by atoms with Crippen LogP contribution < -0.4 is 5.32 Å². The van der Waals surface area contributed by atoms with Crippen LogP contribution in [0.3, 0.4) is 0 Å². The number of aromatic nitrogens is 5. The second-order valence-electron chi connectivity index (χ2n) is 13.5. The molecule has 48 heavy (non-hydrogen) atoms. The zero-order valence-electron chi connectivity index (χ0n) is 27.7. The van der Waals surface area contributed by atoms with Crippen molar-refractivity contribution in [2.45, 2.75) is 97.6 Å². The van der Waals surface area contributed by atoms with E-state index in [1.54, 1.807) is 22.0 Å². The lowest BCUT2D eigenvalue weighted by atomic mass is 9.90. The van der Waals surface area contributed by atoms with Crippen LogP contribution in [0.5, 0.6) is 0 Å². The molecule has 2 amide bonds. The zero-order chi connectivity index (χ0) is 33.6. The Labute approximate surface area is 288 Å². The number of hydrogen-bond acceptors (Lipinski definition) is 7. The molecule has 3 aromatic heterocycles. The smallest absolute Gasteiger partial charge is 0.249 e. The minimum Gasteiger partial charge on any atom is -0.309 e. The Balaban J connectivity index is 1.28. The van der Waals surface area contributed by atoms with Crippen LogP contribution >= 0.6 is 15.9 Å². The predicted octanol–water partition coefficient (Wildman–Crippen LogP) is 7.27. The summed E-state index contributed by atoms with van der Waals surface area (Å²) in [5.41, 5.74) is 5.46. The third kappa shape index (κ3) is 6.20. The first-order valence-electron chi connectivity index (χ1n) is 17.0. The maximum Gasteiger partial charge on any atom is 0.249 e. The van der Waals surface area contributed by atoms with E-state index in [0.717, 1.165) is 72.0 Å². The van der Waals surface area contributed by atoms with Gasteiger partial charge in [0.25, 0.3) is 0 Å². The molecule has 2 aliphatic heterocycles. The van der Waals surface area contributed by atoms with E-state index < -0.39 is 6.04 Å². The predicted molar refractivity (Wildman–Crippen MR) is 187 cm³/mol. The summed E-state index contributed by atoms with van der Waals surface area (Å²) in [5, 5.41) is 8.49. The van der Waals surface area contributed by atoms with Gasteiger partial charge in [0.15, 0.2) is 5.78 Å². The SMILES string of the molecule is CC(=O)c1nn2c3c(cc(-c4cnc(C)nc4)cc13)CCCCCCCCC[C@]13C=C1N(C(=O)C2)[C@H](C(=O)Nc1nc(Br)ccc1C)C3. The first kappa shape index (κ1) is 32.3. The minimum absolute atomic E-state index is 0.0882. The number of nitrogens with zero attached hydrogens (tertiary/aromatic N) is 6. The van der Waals surface area contributed by atoms with Gasteiger partial charge in [0.1, 0.15) is 34.5 Å². The molecule has 0 radical (unpaired) electrons. The second-order valence-corrected chi connectivity index (χ2v) is 14.4. The Bertz CT molecular complexity index is 1970. The fourth-order valence-electron chi connectivity index (χ4n) is 7.48. The van der Waals surface area contributed by atoms with Gasteiger partial charge in [0.05, 0.1) is 5.52 Å². The van der Waals surface area contributed by atoms with Crippen LogP contribution in [0.4, 0.5) is 5.82 Å². The highest BCUT2D eigenvalue weighted by atomic mass is 79.9. The molecule has 10 nitrogen and oxygen atoms in total. The topological polar surface area (TPSA) is 123 Å². The van der Waals surface area contributed by atoms with Crippen molar-refractivity contribution < 1.29 is 14.4 Å². The molecule has 248 valence electrons. The number of pyridine rings is 1. The van der Waals surface area contributed by atoms with Crippen molar-refractivity contribution in [3.05, 3.63) is 75.7 Å². The highest BCUT2D eigenvalue weighted by Crippen LogP contribution is 2.60. The van der Waals surface area contributed by atoms with Crippen LogP contribution in [0.15, 0.2) is 53.0 Å². The molecular weight excluding hydrogens is 670 g/mol. The normalized spacial score (nSPS) is 21.4. The molecule has 2 bridgehead atoms.